The van der Waals surface area contributed by atoms with E-state index in [1.807, 2.05) is 24.3 Å². The molecule has 0 spiro atoms. The summed E-state index contributed by atoms with van der Waals surface area (Å²) in [6.07, 6.45) is 3.35. The average molecular weight is 264 g/mol. The smallest absolute Gasteiger partial charge is 0.247 e. The van der Waals surface area contributed by atoms with Crippen molar-refractivity contribution in [1.29, 1.82) is 0 Å². The summed E-state index contributed by atoms with van der Waals surface area (Å²) in [5.74, 6) is 1.19. The van der Waals surface area contributed by atoms with E-state index in [0.29, 0.717) is 22.8 Å². The number of nitrogens with one attached hydrogen (secondary N) is 1. The first-order valence-corrected chi connectivity index (χ1v) is 6.51. The molecule has 1 saturated carbocycles. The Bertz CT molecular complexity index is 537. The van der Waals surface area contributed by atoms with E-state index in [2.05, 4.69) is 15.5 Å². The van der Waals surface area contributed by atoms with Gasteiger partial charge in [0.1, 0.15) is 0 Å². The fraction of sp³-hybridized carbons (Fsp3) is 0.385. The summed E-state index contributed by atoms with van der Waals surface area (Å²) in [5, 5.41) is 12.2. The molecule has 0 amide bonds. The first-order chi connectivity index (χ1) is 8.81. The van der Waals surface area contributed by atoms with Crippen molar-refractivity contribution in [1.82, 2.24) is 15.5 Å². The van der Waals surface area contributed by atoms with Crippen LogP contribution in [0.4, 0.5) is 0 Å². The second-order valence-corrected chi connectivity index (χ2v) is 4.93. The summed E-state index contributed by atoms with van der Waals surface area (Å²) < 4.78 is 5.61. The van der Waals surface area contributed by atoms with Crippen LogP contribution in [0.5, 0.6) is 0 Å². The van der Waals surface area contributed by atoms with Crippen LogP contribution in [-0.4, -0.2) is 22.8 Å². The molecule has 0 atom stereocenters. The van der Waals surface area contributed by atoms with E-state index < -0.39 is 0 Å². The van der Waals surface area contributed by atoms with Crippen molar-refractivity contribution in [2.45, 2.75) is 25.3 Å². The van der Waals surface area contributed by atoms with Crippen molar-refractivity contribution in [3.63, 3.8) is 0 Å². The van der Waals surface area contributed by atoms with Crippen LogP contribution in [0.2, 0.25) is 5.02 Å². The molecule has 0 aliphatic heterocycles. The van der Waals surface area contributed by atoms with Gasteiger partial charge in [-0.2, -0.15) is 0 Å². The molecule has 0 radical (unpaired) electrons. The standard InChI is InChI=1S/C13H14ClN3O/c14-10-3-1-2-9(8-10)13-17-16-12(18-13)6-7-15-11-4-5-11/h1-3,8,11,15H,4-7H2. The van der Waals surface area contributed by atoms with Crippen LogP contribution in [0.15, 0.2) is 28.7 Å². The molecule has 1 heterocycles. The van der Waals surface area contributed by atoms with Gasteiger partial charge in [0.15, 0.2) is 0 Å². The molecule has 1 aliphatic rings. The molecule has 0 bridgehead atoms. The minimum Gasteiger partial charge on any atom is -0.421 e. The highest BCUT2D eigenvalue weighted by atomic mass is 35.5. The lowest BCUT2D eigenvalue weighted by Gasteiger charge is -1.98. The van der Waals surface area contributed by atoms with Crippen molar-refractivity contribution in [2.24, 2.45) is 0 Å². The van der Waals surface area contributed by atoms with Crippen LogP contribution >= 0.6 is 11.6 Å². The Labute approximate surface area is 110 Å². The zero-order chi connectivity index (χ0) is 12.4. The Morgan fingerprint density at radius 2 is 2.22 bits per heavy atom. The summed E-state index contributed by atoms with van der Waals surface area (Å²) >= 11 is 5.93. The molecular formula is C13H14ClN3O. The number of hydrogen-bond donors (Lipinski definition) is 1. The molecule has 3 rings (SSSR count). The number of aromatic nitrogens is 2. The largest absolute Gasteiger partial charge is 0.421 e. The van der Waals surface area contributed by atoms with E-state index in [1.54, 1.807) is 0 Å². The highest BCUT2D eigenvalue weighted by molar-refractivity contribution is 6.30. The molecule has 0 saturated heterocycles. The zero-order valence-electron chi connectivity index (χ0n) is 9.90. The van der Waals surface area contributed by atoms with Gasteiger partial charge < -0.3 is 9.73 Å². The maximum absolute atomic E-state index is 5.93. The molecule has 5 heteroatoms. The highest BCUT2D eigenvalue weighted by Gasteiger charge is 2.20. The van der Waals surface area contributed by atoms with Crippen molar-refractivity contribution < 1.29 is 4.42 Å². The van der Waals surface area contributed by atoms with E-state index in [-0.39, 0.29) is 0 Å². The predicted molar refractivity (Wildman–Crippen MR) is 69.5 cm³/mol. The SMILES string of the molecule is Clc1cccc(-c2nnc(CCNC3CC3)o2)c1. The van der Waals surface area contributed by atoms with Gasteiger partial charge >= 0.3 is 0 Å². The number of nitrogens with zero attached hydrogens (tertiary/aromatic N) is 2. The summed E-state index contributed by atoms with van der Waals surface area (Å²) in [6, 6.07) is 8.13. The Morgan fingerprint density at radius 1 is 1.33 bits per heavy atom. The molecule has 1 aromatic carbocycles. The molecule has 0 unspecified atom stereocenters. The second-order valence-electron chi connectivity index (χ2n) is 4.49. The summed E-state index contributed by atoms with van der Waals surface area (Å²) in [4.78, 5) is 0. The fourth-order valence-electron chi connectivity index (χ4n) is 1.76. The van der Waals surface area contributed by atoms with Gasteiger partial charge in [-0.15, -0.1) is 10.2 Å². The van der Waals surface area contributed by atoms with Crippen molar-refractivity contribution in [3.05, 3.63) is 35.2 Å². The van der Waals surface area contributed by atoms with Crippen LogP contribution in [0, 0.1) is 0 Å². The van der Waals surface area contributed by atoms with Gasteiger partial charge in [0, 0.05) is 29.6 Å². The Kier molecular flexibility index (Phi) is 3.30. The normalized spacial score (nSPS) is 14.9. The Balaban J connectivity index is 1.64. The van der Waals surface area contributed by atoms with E-state index in [0.717, 1.165) is 18.5 Å². The number of benzene rings is 1. The minimum atomic E-state index is 0.527. The topological polar surface area (TPSA) is 51.0 Å². The molecule has 94 valence electrons. The minimum absolute atomic E-state index is 0.527. The van der Waals surface area contributed by atoms with Gasteiger partial charge in [-0.05, 0) is 31.0 Å². The first kappa shape index (κ1) is 11.7. The van der Waals surface area contributed by atoms with Gasteiger partial charge in [0.25, 0.3) is 0 Å². The molecule has 2 aromatic rings. The lowest BCUT2D eigenvalue weighted by atomic mass is 10.2. The van der Waals surface area contributed by atoms with Gasteiger partial charge in [0.05, 0.1) is 0 Å². The van der Waals surface area contributed by atoms with E-state index in [9.17, 15) is 0 Å². The highest BCUT2D eigenvalue weighted by Crippen LogP contribution is 2.22. The molecule has 4 nitrogen and oxygen atoms in total. The van der Waals surface area contributed by atoms with Gasteiger partial charge in [-0.3, -0.25) is 0 Å². The molecule has 1 N–H and O–H groups in total. The third-order valence-corrected chi connectivity index (χ3v) is 3.12. The monoisotopic (exact) mass is 263 g/mol. The van der Waals surface area contributed by atoms with Crippen molar-refractivity contribution in [3.8, 4) is 11.5 Å². The number of rotatable bonds is 5. The van der Waals surface area contributed by atoms with Crippen LogP contribution in [0.25, 0.3) is 11.5 Å². The lowest BCUT2D eigenvalue weighted by Crippen LogP contribution is -2.19. The molecular weight excluding hydrogens is 250 g/mol. The fourth-order valence-corrected chi connectivity index (χ4v) is 1.95. The maximum atomic E-state index is 5.93. The Hall–Kier alpha value is -1.39. The molecule has 1 aliphatic carbocycles. The summed E-state index contributed by atoms with van der Waals surface area (Å²) in [7, 11) is 0. The van der Waals surface area contributed by atoms with Crippen molar-refractivity contribution >= 4 is 11.6 Å². The van der Waals surface area contributed by atoms with Crippen LogP contribution in [-0.2, 0) is 6.42 Å². The van der Waals surface area contributed by atoms with Crippen LogP contribution < -0.4 is 5.32 Å². The van der Waals surface area contributed by atoms with E-state index in [1.165, 1.54) is 12.8 Å². The molecule has 18 heavy (non-hydrogen) atoms. The van der Waals surface area contributed by atoms with E-state index in [4.69, 9.17) is 16.0 Å². The number of halogens is 1. The van der Waals surface area contributed by atoms with Crippen molar-refractivity contribution in [2.75, 3.05) is 6.54 Å². The maximum Gasteiger partial charge on any atom is 0.247 e. The summed E-state index contributed by atoms with van der Waals surface area (Å²) in [6.45, 7) is 0.891. The van der Waals surface area contributed by atoms with Gasteiger partial charge in [0.2, 0.25) is 11.8 Å². The zero-order valence-corrected chi connectivity index (χ0v) is 10.7. The van der Waals surface area contributed by atoms with E-state index >= 15 is 0 Å². The van der Waals surface area contributed by atoms with Gasteiger partial charge in [-0.1, -0.05) is 17.7 Å². The second kappa shape index (κ2) is 5.08. The van der Waals surface area contributed by atoms with Gasteiger partial charge in [-0.25, -0.2) is 0 Å². The van der Waals surface area contributed by atoms with Crippen LogP contribution in [0.1, 0.15) is 18.7 Å². The average Bonchev–Trinajstić information content (AvgIpc) is 3.06. The number of hydrogen-bond acceptors (Lipinski definition) is 4. The third-order valence-electron chi connectivity index (χ3n) is 2.89. The Morgan fingerprint density at radius 3 is 3.00 bits per heavy atom. The quantitative estimate of drug-likeness (QED) is 0.901. The third kappa shape index (κ3) is 2.89. The molecule has 1 fully saturated rings. The first-order valence-electron chi connectivity index (χ1n) is 6.13. The lowest BCUT2D eigenvalue weighted by molar-refractivity contribution is 0.494. The predicted octanol–water partition coefficient (Wildman–Crippen LogP) is 2.68. The van der Waals surface area contributed by atoms with Crippen LogP contribution in [0.3, 0.4) is 0 Å². The molecule has 1 aromatic heterocycles. The summed E-state index contributed by atoms with van der Waals surface area (Å²) in [5.41, 5.74) is 0.858.